The number of hydrogen-bond acceptors (Lipinski definition) is 2. The number of ether oxygens (including phenoxy) is 1. The van der Waals surface area contributed by atoms with Gasteiger partial charge in [-0.2, -0.15) is 0 Å². The molecule has 1 saturated heterocycles. The van der Waals surface area contributed by atoms with Crippen molar-refractivity contribution in [3.05, 3.63) is 27.2 Å². The van der Waals surface area contributed by atoms with Gasteiger partial charge in [-0.25, -0.2) is 0 Å². The number of nitrogens with one attached hydrogen (secondary N) is 1. The van der Waals surface area contributed by atoms with Crippen LogP contribution in [-0.4, -0.2) is 19.7 Å². The first-order chi connectivity index (χ1) is 8.20. The van der Waals surface area contributed by atoms with E-state index in [4.69, 9.17) is 16.3 Å². The molecular weight excluding hydrogens is 302 g/mol. The minimum Gasteiger partial charge on any atom is -0.496 e. The summed E-state index contributed by atoms with van der Waals surface area (Å²) in [6.07, 6.45) is 4.84. The van der Waals surface area contributed by atoms with Crippen molar-refractivity contribution in [1.82, 2.24) is 5.32 Å². The fraction of sp³-hybridized carbons (Fsp3) is 0.538. The molecule has 0 bridgehead atoms. The van der Waals surface area contributed by atoms with Crippen molar-refractivity contribution >= 4 is 27.5 Å². The van der Waals surface area contributed by atoms with Crippen molar-refractivity contribution in [2.24, 2.45) is 0 Å². The highest BCUT2D eigenvalue weighted by molar-refractivity contribution is 9.10. The Labute approximate surface area is 116 Å². The summed E-state index contributed by atoms with van der Waals surface area (Å²) in [5, 5.41) is 4.28. The lowest BCUT2D eigenvalue weighted by Crippen LogP contribution is -2.35. The van der Waals surface area contributed by atoms with Crippen molar-refractivity contribution < 1.29 is 4.74 Å². The molecule has 0 radical (unpaired) electrons. The summed E-state index contributed by atoms with van der Waals surface area (Å²) in [5.41, 5.74) is 1.22. The van der Waals surface area contributed by atoms with E-state index < -0.39 is 0 Å². The van der Waals surface area contributed by atoms with Gasteiger partial charge in [0.05, 0.1) is 11.6 Å². The Balaban J connectivity index is 2.16. The maximum absolute atomic E-state index is 6.10. The molecule has 1 aromatic rings. The molecule has 1 aliphatic rings. The van der Waals surface area contributed by atoms with Crippen molar-refractivity contribution in [1.29, 1.82) is 0 Å². The van der Waals surface area contributed by atoms with Crippen LogP contribution in [0, 0.1) is 0 Å². The molecule has 1 atom stereocenters. The topological polar surface area (TPSA) is 21.3 Å². The van der Waals surface area contributed by atoms with E-state index in [1.807, 2.05) is 12.1 Å². The highest BCUT2D eigenvalue weighted by Crippen LogP contribution is 2.33. The Morgan fingerprint density at radius 2 is 2.29 bits per heavy atom. The molecule has 17 heavy (non-hydrogen) atoms. The summed E-state index contributed by atoms with van der Waals surface area (Å²) in [7, 11) is 1.67. The van der Waals surface area contributed by atoms with Gasteiger partial charge in [0.2, 0.25) is 0 Å². The third-order valence-corrected chi connectivity index (χ3v) is 4.30. The molecule has 0 amide bonds. The number of piperidine rings is 1. The predicted octanol–water partition coefficient (Wildman–Crippen LogP) is 3.80. The number of rotatable bonds is 3. The number of benzene rings is 1. The zero-order chi connectivity index (χ0) is 12.3. The summed E-state index contributed by atoms with van der Waals surface area (Å²) < 4.78 is 6.33. The molecule has 0 aromatic heterocycles. The zero-order valence-electron chi connectivity index (χ0n) is 9.93. The molecule has 1 aromatic carbocycles. The van der Waals surface area contributed by atoms with E-state index in [1.54, 1.807) is 7.11 Å². The van der Waals surface area contributed by atoms with Crippen LogP contribution in [0.2, 0.25) is 5.02 Å². The van der Waals surface area contributed by atoms with Crippen LogP contribution in [0.3, 0.4) is 0 Å². The molecule has 1 aliphatic heterocycles. The molecule has 0 saturated carbocycles. The quantitative estimate of drug-likeness (QED) is 0.915. The van der Waals surface area contributed by atoms with E-state index in [-0.39, 0.29) is 0 Å². The summed E-state index contributed by atoms with van der Waals surface area (Å²) in [5.74, 6) is 0.809. The lowest BCUT2D eigenvalue weighted by atomic mass is 9.98. The Kier molecular flexibility index (Phi) is 4.71. The van der Waals surface area contributed by atoms with Crippen LogP contribution in [0.15, 0.2) is 16.6 Å². The lowest BCUT2D eigenvalue weighted by molar-refractivity contribution is 0.395. The van der Waals surface area contributed by atoms with Gasteiger partial charge in [0.15, 0.2) is 0 Å². The van der Waals surface area contributed by atoms with E-state index in [0.717, 1.165) is 28.2 Å². The monoisotopic (exact) mass is 317 g/mol. The van der Waals surface area contributed by atoms with E-state index in [0.29, 0.717) is 6.04 Å². The van der Waals surface area contributed by atoms with Gasteiger partial charge >= 0.3 is 0 Å². The second kappa shape index (κ2) is 6.07. The maximum Gasteiger partial charge on any atom is 0.134 e. The fourth-order valence-corrected chi connectivity index (χ4v) is 3.06. The number of halogens is 2. The number of methoxy groups -OCH3 is 1. The molecule has 0 aliphatic carbocycles. The molecule has 94 valence electrons. The van der Waals surface area contributed by atoms with Gasteiger partial charge < -0.3 is 10.1 Å². The average molecular weight is 319 g/mol. The van der Waals surface area contributed by atoms with E-state index in [1.165, 1.54) is 24.8 Å². The first kappa shape index (κ1) is 13.2. The average Bonchev–Trinajstić information content (AvgIpc) is 2.34. The van der Waals surface area contributed by atoms with Crippen molar-refractivity contribution in [2.75, 3.05) is 13.7 Å². The molecular formula is C13H17BrClNO. The smallest absolute Gasteiger partial charge is 0.134 e. The Hall–Kier alpha value is -0.250. The SMILES string of the molecule is COc1cc(Cl)cc(CC2CCCCN2)c1Br. The zero-order valence-corrected chi connectivity index (χ0v) is 12.3. The molecule has 1 heterocycles. The van der Waals surface area contributed by atoms with Crippen LogP contribution in [-0.2, 0) is 6.42 Å². The second-order valence-electron chi connectivity index (χ2n) is 4.43. The molecule has 0 spiro atoms. The van der Waals surface area contributed by atoms with E-state index in [2.05, 4.69) is 21.2 Å². The van der Waals surface area contributed by atoms with Gasteiger partial charge in [-0.05, 0) is 59.4 Å². The second-order valence-corrected chi connectivity index (χ2v) is 5.66. The van der Waals surface area contributed by atoms with Crippen molar-refractivity contribution in [3.63, 3.8) is 0 Å². The normalized spacial score (nSPS) is 20.3. The van der Waals surface area contributed by atoms with Crippen LogP contribution in [0.25, 0.3) is 0 Å². The van der Waals surface area contributed by atoms with Gasteiger partial charge in [-0.15, -0.1) is 0 Å². The van der Waals surface area contributed by atoms with Crippen molar-refractivity contribution in [2.45, 2.75) is 31.7 Å². The lowest BCUT2D eigenvalue weighted by Gasteiger charge is -2.24. The number of hydrogen-bond donors (Lipinski definition) is 1. The maximum atomic E-state index is 6.10. The van der Waals surface area contributed by atoms with Gasteiger partial charge in [0, 0.05) is 11.1 Å². The van der Waals surface area contributed by atoms with Gasteiger partial charge in [-0.3, -0.25) is 0 Å². The standard InChI is InChI=1S/C13H17BrClNO/c1-17-12-8-10(15)6-9(13(12)14)7-11-4-2-3-5-16-11/h6,8,11,16H,2-5,7H2,1H3. The molecule has 2 rings (SSSR count). The first-order valence-corrected chi connectivity index (χ1v) is 7.13. The Morgan fingerprint density at radius 1 is 1.47 bits per heavy atom. The van der Waals surface area contributed by atoms with Gasteiger partial charge in [-0.1, -0.05) is 18.0 Å². The molecule has 1 unspecified atom stereocenters. The minimum absolute atomic E-state index is 0.559. The Morgan fingerprint density at radius 3 is 2.94 bits per heavy atom. The van der Waals surface area contributed by atoms with Gasteiger partial charge in [0.25, 0.3) is 0 Å². The van der Waals surface area contributed by atoms with E-state index >= 15 is 0 Å². The van der Waals surface area contributed by atoms with Crippen LogP contribution in [0.1, 0.15) is 24.8 Å². The highest BCUT2D eigenvalue weighted by atomic mass is 79.9. The third kappa shape index (κ3) is 3.36. The van der Waals surface area contributed by atoms with Gasteiger partial charge in [0.1, 0.15) is 5.75 Å². The molecule has 4 heteroatoms. The summed E-state index contributed by atoms with van der Waals surface area (Å²) >= 11 is 9.69. The van der Waals surface area contributed by atoms with Crippen LogP contribution in [0.4, 0.5) is 0 Å². The summed E-state index contributed by atoms with van der Waals surface area (Å²) in [6, 6.07) is 4.41. The third-order valence-electron chi connectivity index (χ3n) is 3.18. The van der Waals surface area contributed by atoms with Crippen LogP contribution < -0.4 is 10.1 Å². The largest absolute Gasteiger partial charge is 0.496 e. The fourth-order valence-electron chi connectivity index (χ4n) is 2.28. The summed E-state index contributed by atoms with van der Waals surface area (Å²) in [6.45, 7) is 1.12. The molecule has 1 N–H and O–H groups in total. The first-order valence-electron chi connectivity index (χ1n) is 5.96. The van der Waals surface area contributed by atoms with Crippen LogP contribution in [0.5, 0.6) is 5.75 Å². The minimum atomic E-state index is 0.559. The highest BCUT2D eigenvalue weighted by Gasteiger charge is 2.16. The van der Waals surface area contributed by atoms with Crippen molar-refractivity contribution in [3.8, 4) is 5.75 Å². The predicted molar refractivity (Wildman–Crippen MR) is 75.0 cm³/mol. The Bertz CT molecular complexity index is 391. The van der Waals surface area contributed by atoms with Crippen LogP contribution >= 0.6 is 27.5 Å². The van der Waals surface area contributed by atoms with E-state index in [9.17, 15) is 0 Å². The summed E-state index contributed by atoms with van der Waals surface area (Å²) in [4.78, 5) is 0. The molecule has 1 fully saturated rings. The molecule has 2 nitrogen and oxygen atoms in total.